The topological polar surface area (TPSA) is 206 Å². The van der Waals surface area contributed by atoms with Crippen LogP contribution in [-0.4, -0.2) is 193 Å². The lowest BCUT2D eigenvalue weighted by atomic mass is 10.1. The summed E-state index contributed by atoms with van der Waals surface area (Å²) in [6.45, 7) is 4.62. The summed E-state index contributed by atoms with van der Waals surface area (Å²) in [5.41, 5.74) is 5.59. The van der Waals surface area contributed by atoms with Crippen LogP contribution in [-0.2, 0) is 43.2 Å². The number of hydrogen-bond acceptors (Lipinski definition) is 9. The van der Waals surface area contributed by atoms with Crippen molar-refractivity contribution in [2.45, 2.75) is 158 Å². The fraction of sp³-hybridized carbons (Fsp3) is 0.786. The zero-order chi connectivity index (χ0) is 42.4. The van der Waals surface area contributed by atoms with Crippen LogP contribution in [0.1, 0.15) is 110 Å². The number of amides is 9. The molecule has 2 N–H and O–H groups in total. The summed E-state index contributed by atoms with van der Waals surface area (Å²) in [5, 5.41) is 0. The Morgan fingerprint density at radius 3 is 0.667 bits per heavy atom. The van der Waals surface area contributed by atoms with Crippen LogP contribution < -0.4 is 5.73 Å². The largest absolute Gasteiger partial charge is 0.368 e. The van der Waals surface area contributed by atoms with Gasteiger partial charge in [0.25, 0.3) is 0 Å². The van der Waals surface area contributed by atoms with Gasteiger partial charge in [0, 0.05) is 59.3 Å². The highest BCUT2D eigenvalue weighted by Gasteiger charge is 2.51. The number of hydrogen-bond donors (Lipinski definition) is 1. The second kappa shape index (κ2) is 17.3. The highest BCUT2D eigenvalue weighted by molar-refractivity contribution is 5.99. The molecule has 0 aromatic carbocycles. The van der Waals surface area contributed by atoms with E-state index in [0.29, 0.717) is 149 Å². The van der Waals surface area contributed by atoms with Gasteiger partial charge in [0.05, 0.1) is 0 Å². The number of carbonyl (C=O) groups is 9. The lowest BCUT2D eigenvalue weighted by Gasteiger charge is -2.37. The molecule has 8 aliphatic heterocycles. The minimum atomic E-state index is -0.783. The predicted molar refractivity (Wildman–Crippen MR) is 213 cm³/mol. The van der Waals surface area contributed by atoms with Crippen LogP contribution in [0, 0.1) is 0 Å². The Morgan fingerprint density at radius 1 is 0.300 bits per heavy atom. The Bertz CT molecular complexity index is 1670. The fourth-order valence-electron chi connectivity index (χ4n) is 11.8. The molecule has 0 unspecified atom stereocenters. The smallest absolute Gasteiger partial charge is 0.246 e. The van der Waals surface area contributed by atoms with Crippen molar-refractivity contribution in [3.8, 4) is 0 Å². The van der Waals surface area contributed by atoms with Crippen molar-refractivity contribution >= 4 is 53.2 Å². The van der Waals surface area contributed by atoms with Crippen LogP contribution in [0.5, 0.6) is 0 Å². The van der Waals surface area contributed by atoms with Crippen LogP contribution in [0.15, 0.2) is 0 Å². The van der Waals surface area contributed by atoms with E-state index in [1.165, 1.54) is 11.8 Å². The Labute approximate surface area is 351 Å². The minimum Gasteiger partial charge on any atom is -0.368 e. The molecule has 0 aliphatic carbocycles. The van der Waals surface area contributed by atoms with Gasteiger partial charge in [-0.2, -0.15) is 0 Å². The van der Waals surface area contributed by atoms with Gasteiger partial charge in [0.15, 0.2) is 0 Å². The van der Waals surface area contributed by atoms with Crippen molar-refractivity contribution in [1.82, 2.24) is 39.2 Å². The zero-order valence-electron chi connectivity index (χ0n) is 34.9. The molecule has 0 bridgehead atoms. The fourth-order valence-corrected chi connectivity index (χ4v) is 11.8. The van der Waals surface area contributed by atoms with E-state index in [9.17, 15) is 43.2 Å². The summed E-state index contributed by atoms with van der Waals surface area (Å²) in [4.78, 5) is 136. The molecule has 0 aromatic rings. The number of rotatable bonds is 8. The highest BCUT2D eigenvalue weighted by Crippen LogP contribution is 2.34. The molecule has 8 aliphatic rings. The number of carbonyl (C=O) groups excluding carboxylic acids is 9. The average Bonchev–Trinajstić information content (AvgIpc) is 4.10. The van der Waals surface area contributed by atoms with Gasteiger partial charge >= 0.3 is 0 Å². The molecule has 8 saturated heterocycles. The number of nitrogens with zero attached hydrogens (tertiary/aromatic N) is 8. The summed E-state index contributed by atoms with van der Waals surface area (Å²) in [5.74, 6) is -2.62. The summed E-state index contributed by atoms with van der Waals surface area (Å²) in [6, 6.07) is -5.76. The molecule has 328 valence electrons. The normalized spacial score (nSPS) is 31.9. The first-order valence-corrected chi connectivity index (χ1v) is 22.6. The van der Waals surface area contributed by atoms with Gasteiger partial charge in [0.1, 0.15) is 48.3 Å². The third-order valence-corrected chi connectivity index (χ3v) is 14.7. The number of primary amides is 1. The van der Waals surface area contributed by atoms with E-state index >= 15 is 0 Å². The number of likely N-dealkylation sites (tertiary alicyclic amines) is 8. The lowest BCUT2D eigenvalue weighted by Crippen LogP contribution is -2.59. The molecule has 8 atom stereocenters. The molecule has 60 heavy (non-hydrogen) atoms. The van der Waals surface area contributed by atoms with Crippen molar-refractivity contribution in [2.24, 2.45) is 5.73 Å². The van der Waals surface area contributed by atoms with Crippen LogP contribution in [0.4, 0.5) is 0 Å². The third-order valence-electron chi connectivity index (χ3n) is 14.7. The number of nitrogens with two attached hydrogens (primary N) is 1. The van der Waals surface area contributed by atoms with E-state index in [1.54, 1.807) is 34.3 Å². The third kappa shape index (κ3) is 7.49. The Hall–Kier alpha value is -4.77. The zero-order valence-corrected chi connectivity index (χ0v) is 34.9. The van der Waals surface area contributed by atoms with E-state index in [0.717, 1.165) is 6.42 Å². The molecule has 9 amide bonds. The van der Waals surface area contributed by atoms with Gasteiger partial charge in [-0.1, -0.05) is 0 Å². The SMILES string of the molecule is CC(=O)N1CCC[C@H]1C(=O)N1CCC[C@H]1C(=O)N1CCC[C@H]1C(=O)N1CCC[C@H]1C(=O)N1CCC[C@H]1C(=O)N1CCC[C@H]1C(=O)N1CCC[C@H]1C(=O)N1CCC[C@H]1C(N)=O. The second-order valence-electron chi connectivity index (χ2n) is 18.1. The Kier molecular flexibility index (Phi) is 12.1. The monoisotopic (exact) mass is 835 g/mol. The molecule has 0 saturated carbocycles. The van der Waals surface area contributed by atoms with Crippen LogP contribution >= 0.6 is 0 Å². The Balaban J connectivity index is 0.914. The molecule has 0 spiro atoms. The van der Waals surface area contributed by atoms with Crippen molar-refractivity contribution in [1.29, 1.82) is 0 Å². The first kappa shape index (κ1) is 41.9. The summed E-state index contributed by atoms with van der Waals surface area (Å²) < 4.78 is 0. The highest BCUT2D eigenvalue weighted by atomic mass is 16.2. The van der Waals surface area contributed by atoms with Crippen molar-refractivity contribution in [3.63, 3.8) is 0 Å². The van der Waals surface area contributed by atoms with E-state index in [1.807, 2.05) is 0 Å². The van der Waals surface area contributed by atoms with E-state index in [-0.39, 0.29) is 47.3 Å². The maximum absolute atomic E-state index is 14.5. The minimum absolute atomic E-state index is 0.159. The molecule has 8 heterocycles. The summed E-state index contributed by atoms with van der Waals surface area (Å²) in [6.07, 6.45) is 8.90. The van der Waals surface area contributed by atoms with Gasteiger partial charge in [0.2, 0.25) is 53.2 Å². The van der Waals surface area contributed by atoms with E-state index in [2.05, 4.69) is 0 Å². The summed E-state index contributed by atoms with van der Waals surface area (Å²) in [7, 11) is 0. The first-order chi connectivity index (χ1) is 28.9. The second-order valence-corrected chi connectivity index (χ2v) is 18.1. The predicted octanol–water partition coefficient (Wildman–Crippen LogP) is -0.580. The molecule has 8 rings (SSSR count). The molecular formula is C42H61N9O9. The Morgan fingerprint density at radius 2 is 0.467 bits per heavy atom. The van der Waals surface area contributed by atoms with Crippen molar-refractivity contribution < 1.29 is 43.2 Å². The molecular weight excluding hydrogens is 775 g/mol. The summed E-state index contributed by atoms with van der Waals surface area (Å²) >= 11 is 0. The first-order valence-electron chi connectivity index (χ1n) is 22.6. The molecule has 18 nitrogen and oxygen atoms in total. The van der Waals surface area contributed by atoms with Gasteiger partial charge in [-0.25, -0.2) is 0 Å². The van der Waals surface area contributed by atoms with Crippen molar-refractivity contribution in [2.75, 3.05) is 52.4 Å². The molecule has 0 aromatic heterocycles. The van der Waals surface area contributed by atoms with Crippen LogP contribution in [0.3, 0.4) is 0 Å². The standard InChI is InChI=1S/C42H61N9O9/c1-26(52)44-18-3-11-28(44)36(54)46-20-5-13-30(46)38(56)48-22-7-15-32(48)40(58)50-24-9-17-34(50)42(60)51-25-8-16-33(51)41(59)49-23-6-14-31(49)39(57)47-21-4-12-29(47)37(55)45-19-2-10-27(45)35(43)53/h27-34H,2-25H2,1H3,(H2,43,53)/t27-,28-,29-,30-,31-,32-,33-,34-/m0/s1. The maximum atomic E-state index is 14.5. The molecule has 8 fully saturated rings. The van der Waals surface area contributed by atoms with Gasteiger partial charge < -0.3 is 44.9 Å². The van der Waals surface area contributed by atoms with E-state index in [4.69, 9.17) is 5.73 Å². The van der Waals surface area contributed by atoms with Gasteiger partial charge in [-0.05, 0) is 103 Å². The van der Waals surface area contributed by atoms with E-state index < -0.39 is 54.2 Å². The maximum Gasteiger partial charge on any atom is 0.246 e. The van der Waals surface area contributed by atoms with Gasteiger partial charge in [-0.3, -0.25) is 43.2 Å². The van der Waals surface area contributed by atoms with Crippen LogP contribution in [0.2, 0.25) is 0 Å². The van der Waals surface area contributed by atoms with Crippen LogP contribution in [0.25, 0.3) is 0 Å². The van der Waals surface area contributed by atoms with Gasteiger partial charge in [-0.15, -0.1) is 0 Å². The van der Waals surface area contributed by atoms with Crippen molar-refractivity contribution in [3.05, 3.63) is 0 Å². The molecule has 0 radical (unpaired) electrons. The molecule has 18 heteroatoms. The average molecular weight is 836 g/mol. The quantitative estimate of drug-likeness (QED) is 0.332. The lowest BCUT2D eigenvalue weighted by molar-refractivity contribution is -0.155.